The first-order chi connectivity index (χ1) is 7.23. The van der Waals surface area contributed by atoms with Crippen LogP contribution in [0, 0.1) is 11.8 Å². The van der Waals surface area contributed by atoms with Crippen LogP contribution in [0.25, 0.3) is 0 Å². The Balaban J connectivity index is 1.91. The fraction of sp³-hybridized carbons (Fsp3) is 1.00. The van der Waals surface area contributed by atoms with Crippen LogP contribution in [-0.4, -0.2) is 23.8 Å². The zero-order valence-electron chi connectivity index (χ0n) is 9.97. The van der Waals surface area contributed by atoms with E-state index < -0.39 is 0 Å². The van der Waals surface area contributed by atoms with Gasteiger partial charge < -0.3 is 10.4 Å². The molecule has 2 unspecified atom stereocenters. The molecule has 2 fully saturated rings. The summed E-state index contributed by atoms with van der Waals surface area (Å²) in [5, 5.41) is 12.9. The Kier molecular flexibility index (Phi) is 3.68. The third-order valence-corrected chi connectivity index (χ3v) is 4.45. The van der Waals surface area contributed by atoms with Gasteiger partial charge in [0.25, 0.3) is 0 Å². The molecular formula is C13H25NO. The third-order valence-electron chi connectivity index (χ3n) is 4.45. The van der Waals surface area contributed by atoms with Crippen molar-refractivity contribution in [3.05, 3.63) is 0 Å². The average Bonchev–Trinajstić information content (AvgIpc) is 2.30. The highest BCUT2D eigenvalue weighted by atomic mass is 16.3. The fourth-order valence-corrected chi connectivity index (χ4v) is 3.44. The molecule has 0 amide bonds. The molecule has 2 aliphatic rings. The number of piperidine rings is 1. The zero-order valence-corrected chi connectivity index (χ0v) is 9.97. The van der Waals surface area contributed by atoms with E-state index >= 15 is 0 Å². The normalized spacial score (nSPS) is 39.2. The molecule has 0 radical (unpaired) electrons. The molecule has 1 saturated carbocycles. The van der Waals surface area contributed by atoms with E-state index in [1.54, 1.807) is 0 Å². The van der Waals surface area contributed by atoms with Crippen LogP contribution in [0.5, 0.6) is 0 Å². The minimum Gasteiger partial charge on any atom is -0.394 e. The van der Waals surface area contributed by atoms with Crippen molar-refractivity contribution in [2.45, 2.75) is 57.4 Å². The van der Waals surface area contributed by atoms with Crippen LogP contribution in [0.4, 0.5) is 0 Å². The Hall–Kier alpha value is -0.0800. The number of hydrogen-bond acceptors (Lipinski definition) is 2. The second kappa shape index (κ2) is 4.84. The van der Waals surface area contributed by atoms with Crippen molar-refractivity contribution in [1.29, 1.82) is 0 Å². The lowest BCUT2D eigenvalue weighted by molar-refractivity contribution is 0.0860. The van der Waals surface area contributed by atoms with Crippen molar-refractivity contribution in [1.82, 2.24) is 5.32 Å². The molecule has 2 rings (SSSR count). The summed E-state index contributed by atoms with van der Waals surface area (Å²) in [5.41, 5.74) is 0.000361. The van der Waals surface area contributed by atoms with Crippen molar-refractivity contribution in [3.8, 4) is 0 Å². The van der Waals surface area contributed by atoms with Gasteiger partial charge in [0.15, 0.2) is 0 Å². The smallest absolute Gasteiger partial charge is 0.0610 e. The van der Waals surface area contributed by atoms with Crippen LogP contribution >= 0.6 is 0 Å². The van der Waals surface area contributed by atoms with Gasteiger partial charge in [0, 0.05) is 5.54 Å². The lowest BCUT2D eigenvalue weighted by atomic mass is 9.71. The number of rotatable bonds is 2. The standard InChI is InChI=1S/C13H25NO/c1-13(10-15)9-12(7-8-14-13)11-5-3-2-4-6-11/h11-12,14-15H,2-10H2,1H3. The summed E-state index contributed by atoms with van der Waals surface area (Å²) in [4.78, 5) is 0. The van der Waals surface area contributed by atoms with E-state index in [9.17, 15) is 5.11 Å². The van der Waals surface area contributed by atoms with Gasteiger partial charge in [-0.3, -0.25) is 0 Å². The quantitative estimate of drug-likeness (QED) is 0.734. The number of hydrogen-bond donors (Lipinski definition) is 2. The Bertz CT molecular complexity index is 201. The number of aliphatic hydroxyl groups excluding tert-OH is 1. The molecular weight excluding hydrogens is 186 g/mol. The number of nitrogens with one attached hydrogen (secondary N) is 1. The molecule has 1 saturated heterocycles. The van der Waals surface area contributed by atoms with E-state index in [0.717, 1.165) is 18.4 Å². The first-order valence-corrected chi connectivity index (χ1v) is 6.59. The summed E-state index contributed by atoms with van der Waals surface area (Å²) >= 11 is 0. The first kappa shape index (κ1) is 11.4. The van der Waals surface area contributed by atoms with Crippen LogP contribution in [0.15, 0.2) is 0 Å². The van der Waals surface area contributed by atoms with Gasteiger partial charge in [-0.15, -0.1) is 0 Å². The zero-order chi connectivity index (χ0) is 10.7. The highest BCUT2D eigenvalue weighted by Crippen LogP contribution is 2.37. The molecule has 1 aliphatic heterocycles. The van der Waals surface area contributed by atoms with Crippen molar-refractivity contribution >= 4 is 0 Å². The van der Waals surface area contributed by atoms with Gasteiger partial charge >= 0.3 is 0 Å². The topological polar surface area (TPSA) is 32.3 Å². The van der Waals surface area contributed by atoms with Crippen LogP contribution in [0.2, 0.25) is 0 Å². The van der Waals surface area contributed by atoms with Crippen molar-refractivity contribution < 1.29 is 5.11 Å². The van der Waals surface area contributed by atoms with Gasteiger partial charge in [-0.25, -0.2) is 0 Å². The monoisotopic (exact) mass is 211 g/mol. The van der Waals surface area contributed by atoms with Gasteiger partial charge in [-0.1, -0.05) is 32.1 Å². The van der Waals surface area contributed by atoms with Crippen LogP contribution in [-0.2, 0) is 0 Å². The molecule has 1 aliphatic carbocycles. The predicted octanol–water partition coefficient (Wildman–Crippen LogP) is 2.32. The molecule has 2 nitrogen and oxygen atoms in total. The summed E-state index contributed by atoms with van der Waals surface area (Å²) in [7, 11) is 0. The fourth-order valence-electron chi connectivity index (χ4n) is 3.44. The average molecular weight is 211 g/mol. The van der Waals surface area contributed by atoms with Crippen molar-refractivity contribution in [2.75, 3.05) is 13.2 Å². The maximum absolute atomic E-state index is 9.40. The van der Waals surface area contributed by atoms with Crippen LogP contribution < -0.4 is 5.32 Å². The summed E-state index contributed by atoms with van der Waals surface area (Å²) in [6, 6.07) is 0. The molecule has 2 heteroatoms. The molecule has 0 aromatic heterocycles. The first-order valence-electron chi connectivity index (χ1n) is 6.59. The summed E-state index contributed by atoms with van der Waals surface area (Å²) in [6.45, 7) is 3.55. The van der Waals surface area contributed by atoms with E-state index in [1.807, 2.05) is 0 Å². The van der Waals surface area contributed by atoms with Crippen molar-refractivity contribution in [2.24, 2.45) is 11.8 Å². The lowest BCUT2D eigenvalue weighted by Gasteiger charge is -2.42. The Morgan fingerprint density at radius 3 is 2.53 bits per heavy atom. The molecule has 1 heterocycles. The Labute approximate surface area is 93.5 Å². The van der Waals surface area contributed by atoms with Gasteiger partial charge in [0.1, 0.15) is 0 Å². The SMILES string of the molecule is CC1(CO)CC(C2CCCCC2)CCN1. The maximum Gasteiger partial charge on any atom is 0.0610 e. The van der Waals surface area contributed by atoms with Gasteiger partial charge in [-0.05, 0) is 38.1 Å². The van der Waals surface area contributed by atoms with E-state index in [0.29, 0.717) is 0 Å². The molecule has 2 N–H and O–H groups in total. The molecule has 88 valence electrons. The van der Waals surface area contributed by atoms with E-state index in [4.69, 9.17) is 0 Å². The highest BCUT2D eigenvalue weighted by Gasteiger charge is 2.35. The van der Waals surface area contributed by atoms with Crippen LogP contribution in [0.3, 0.4) is 0 Å². The predicted molar refractivity (Wildman–Crippen MR) is 62.8 cm³/mol. The van der Waals surface area contributed by atoms with Gasteiger partial charge in [0.2, 0.25) is 0 Å². The molecule has 0 aromatic rings. The van der Waals surface area contributed by atoms with Crippen molar-refractivity contribution in [3.63, 3.8) is 0 Å². The molecule has 15 heavy (non-hydrogen) atoms. The minimum absolute atomic E-state index is 0.000361. The van der Waals surface area contributed by atoms with Gasteiger partial charge in [-0.2, -0.15) is 0 Å². The highest BCUT2D eigenvalue weighted by molar-refractivity contribution is 4.92. The second-order valence-electron chi connectivity index (χ2n) is 5.80. The molecule has 0 bridgehead atoms. The number of aliphatic hydroxyl groups is 1. The molecule has 2 atom stereocenters. The lowest BCUT2D eigenvalue weighted by Crippen LogP contribution is -2.52. The van der Waals surface area contributed by atoms with Crippen LogP contribution in [0.1, 0.15) is 51.9 Å². The third kappa shape index (κ3) is 2.73. The van der Waals surface area contributed by atoms with E-state index in [2.05, 4.69) is 12.2 Å². The minimum atomic E-state index is 0.000361. The maximum atomic E-state index is 9.40. The Morgan fingerprint density at radius 2 is 1.87 bits per heavy atom. The summed E-state index contributed by atoms with van der Waals surface area (Å²) in [6.07, 6.45) is 9.68. The summed E-state index contributed by atoms with van der Waals surface area (Å²) < 4.78 is 0. The Morgan fingerprint density at radius 1 is 1.13 bits per heavy atom. The molecule has 0 spiro atoms. The van der Waals surface area contributed by atoms with Gasteiger partial charge in [0.05, 0.1) is 6.61 Å². The van der Waals surface area contributed by atoms with E-state index in [-0.39, 0.29) is 12.1 Å². The summed E-state index contributed by atoms with van der Waals surface area (Å²) in [5.74, 6) is 1.82. The molecule has 0 aromatic carbocycles. The van der Waals surface area contributed by atoms with E-state index in [1.165, 1.54) is 44.9 Å². The largest absolute Gasteiger partial charge is 0.394 e. The second-order valence-corrected chi connectivity index (χ2v) is 5.80.